The van der Waals surface area contributed by atoms with Crippen molar-refractivity contribution in [1.82, 2.24) is 8.96 Å². The predicted octanol–water partition coefficient (Wildman–Crippen LogP) is 2.34. The van der Waals surface area contributed by atoms with E-state index in [2.05, 4.69) is 4.98 Å². The molecule has 0 spiro atoms. The quantitative estimate of drug-likeness (QED) is 0.869. The number of rotatable bonds is 4. The van der Waals surface area contributed by atoms with Gasteiger partial charge in [-0.1, -0.05) is 18.5 Å². The van der Waals surface area contributed by atoms with Gasteiger partial charge in [-0.3, -0.25) is 0 Å². The largest absolute Gasteiger partial charge is 0.495 e. The van der Waals surface area contributed by atoms with E-state index in [1.54, 1.807) is 0 Å². The number of ether oxygens (including phenoxy) is 1. The van der Waals surface area contributed by atoms with Crippen molar-refractivity contribution in [3.8, 4) is 5.75 Å². The smallest absolute Gasteiger partial charge is 0.272 e. The highest BCUT2D eigenvalue weighted by atomic mass is 35.5. The molecule has 1 heterocycles. The van der Waals surface area contributed by atoms with Crippen LogP contribution in [0.5, 0.6) is 5.75 Å². The van der Waals surface area contributed by atoms with E-state index in [1.165, 1.54) is 37.7 Å². The van der Waals surface area contributed by atoms with E-state index in [-0.39, 0.29) is 10.6 Å². The van der Waals surface area contributed by atoms with Crippen LogP contribution in [0.1, 0.15) is 12.7 Å². The van der Waals surface area contributed by atoms with Crippen LogP contribution >= 0.6 is 11.6 Å². The average Bonchev–Trinajstić information content (AvgIpc) is 2.87. The van der Waals surface area contributed by atoms with Gasteiger partial charge in [-0.2, -0.15) is 0 Å². The van der Waals surface area contributed by atoms with Gasteiger partial charge in [0, 0.05) is 29.9 Å². The molecule has 2 aromatic rings. The summed E-state index contributed by atoms with van der Waals surface area (Å²) in [6.45, 7) is 1.84. The minimum atomic E-state index is -3.73. The number of hydrogen-bond acceptors (Lipinski definition) is 4. The molecule has 0 unspecified atom stereocenters. The second-order valence-corrected chi connectivity index (χ2v) is 6.01. The Morgan fingerprint density at radius 2 is 2.16 bits per heavy atom. The molecule has 0 saturated carbocycles. The van der Waals surface area contributed by atoms with Crippen molar-refractivity contribution < 1.29 is 13.2 Å². The standard InChI is InChI=1S/C12H13ClN2O3S/c1-3-12-14-6-7-15(12)19(16,17)11-5-4-9(13)8-10(11)18-2/h4-8H,3H2,1-2H3. The predicted molar refractivity (Wildman–Crippen MR) is 72.2 cm³/mol. The Morgan fingerprint density at radius 3 is 2.79 bits per heavy atom. The van der Waals surface area contributed by atoms with Crippen molar-refractivity contribution in [2.45, 2.75) is 18.2 Å². The van der Waals surface area contributed by atoms with Gasteiger partial charge < -0.3 is 4.74 Å². The summed E-state index contributed by atoms with van der Waals surface area (Å²) in [5.41, 5.74) is 0. The molecular weight excluding hydrogens is 288 g/mol. The lowest BCUT2D eigenvalue weighted by Gasteiger charge is -2.12. The average molecular weight is 301 g/mol. The van der Waals surface area contributed by atoms with E-state index in [0.717, 1.165) is 3.97 Å². The maximum absolute atomic E-state index is 12.6. The fourth-order valence-electron chi connectivity index (χ4n) is 1.75. The van der Waals surface area contributed by atoms with Gasteiger partial charge in [0.05, 0.1) is 7.11 Å². The van der Waals surface area contributed by atoms with E-state index in [9.17, 15) is 8.42 Å². The first-order chi connectivity index (χ1) is 9.00. The Hall–Kier alpha value is -1.53. The first kappa shape index (κ1) is 13.9. The van der Waals surface area contributed by atoms with Gasteiger partial charge in [-0.25, -0.2) is 17.4 Å². The topological polar surface area (TPSA) is 61.2 Å². The molecule has 0 amide bonds. The zero-order valence-corrected chi connectivity index (χ0v) is 12.1. The highest BCUT2D eigenvalue weighted by Gasteiger charge is 2.23. The molecule has 1 aromatic carbocycles. The van der Waals surface area contributed by atoms with Crippen LogP contribution < -0.4 is 4.74 Å². The summed E-state index contributed by atoms with van der Waals surface area (Å²) in [5, 5.41) is 0.414. The maximum Gasteiger partial charge on any atom is 0.272 e. The maximum atomic E-state index is 12.6. The van der Waals surface area contributed by atoms with E-state index in [0.29, 0.717) is 17.3 Å². The first-order valence-electron chi connectivity index (χ1n) is 5.62. The summed E-state index contributed by atoms with van der Waals surface area (Å²) >= 11 is 5.84. The molecule has 19 heavy (non-hydrogen) atoms. The van der Waals surface area contributed by atoms with Gasteiger partial charge >= 0.3 is 0 Å². The number of nitrogens with zero attached hydrogens (tertiary/aromatic N) is 2. The minimum Gasteiger partial charge on any atom is -0.495 e. The Kier molecular flexibility index (Phi) is 3.82. The molecule has 102 valence electrons. The first-order valence-corrected chi connectivity index (χ1v) is 7.44. The van der Waals surface area contributed by atoms with Crippen molar-refractivity contribution in [2.24, 2.45) is 0 Å². The molecule has 5 nitrogen and oxygen atoms in total. The van der Waals surface area contributed by atoms with E-state index < -0.39 is 10.0 Å². The summed E-state index contributed by atoms with van der Waals surface area (Å²) in [6, 6.07) is 4.41. The molecule has 0 saturated heterocycles. The molecule has 2 rings (SSSR count). The van der Waals surface area contributed by atoms with E-state index >= 15 is 0 Å². The van der Waals surface area contributed by atoms with Crippen molar-refractivity contribution in [3.63, 3.8) is 0 Å². The summed E-state index contributed by atoms with van der Waals surface area (Å²) in [4.78, 5) is 4.08. The molecule has 0 aliphatic carbocycles. The molecule has 0 bridgehead atoms. The lowest BCUT2D eigenvalue weighted by atomic mass is 10.3. The van der Waals surface area contributed by atoms with Crippen LogP contribution in [0, 0.1) is 0 Å². The molecule has 0 radical (unpaired) electrons. The van der Waals surface area contributed by atoms with Crippen molar-refractivity contribution in [1.29, 1.82) is 0 Å². The third-order valence-electron chi connectivity index (χ3n) is 2.66. The second kappa shape index (κ2) is 5.22. The Labute approximate surface area is 116 Å². The number of benzene rings is 1. The van der Waals surface area contributed by atoms with Crippen LogP contribution in [-0.4, -0.2) is 24.5 Å². The highest BCUT2D eigenvalue weighted by Crippen LogP contribution is 2.29. The minimum absolute atomic E-state index is 0.0621. The summed E-state index contributed by atoms with van der Waals surface area (Å²) in [7, 11) is -2.33. The van der Waals surface area contributed by atoms with Crippen LogP contribution in [0.25, 0.3) is 0 Å². The van der Waals surface area contributed by atoms with Crippen LogP contribution in [0.4, 0.5) is 0 Å². The Bertz CT molecular complexity index is 695. The van der Waals surface area contributed by atoms with Crippen LogP contribution in [0.15, 0.2) is 35.5 Å². The second-order valence-electron chi connectivity index (χ2n) is 3.79. The van der Waals surface area contributed by atoms with Gasteiger partial charge in [0.2, 0.25) is 0 Å². The molecule has 0 fully saturated rings. The number of aryl methyl sites for hydroxylation is 1. The van der Waals surface area contributed by atoms with Crippen molar-refractivity contribution in [2.75, 3.05) is 7.11 Å². The SMILES string of the molecule is CCc1nccn1S(=O)(=O)c1ccc(Cl)cc1OC. The zero-order chi connectivity index (χ0) is 14.0. The molecule has 7 heteroatoms. The third kappa shape index (κ3) is 2.46. The molecule has 1 aromatic heterocycles. The number of aromatic nitrogens is 2. The summed E-state index contributed by atoms with van der Waals surface area (Å²) in [5.74, 6) is 0.681. The fraction of sp³-hybridized carbons (Fsp3) is 0.250. The van der Waals surface area contributed by atoms with Gasteiger partial charge in [0.25, 0.3) is 10.0 Å². The molecule has 0 N–H and O–H groups in total. The lowest BCUT2D eigenvalue weighted by Crippen LogP contribution is -2.16. The molecule has 0 aliphatic rings. The monoisotopic (exact) mass is 300 g/mol. The lowest BCUT2D eigenvalue weighted by molar-refractivity contribution is 0.402. The van der Waals surface area contributed by atoms with Crippen LogP contribution in [0.2, 0.25) is 5.02 Å². The number of halogens is 1. The van der Waals surface area contributed by atoms with Crippen LogP contribution in [0.3, 0.4) is 0 Å². The summed E-state index contributed by atoms with van der Waals surface area (Å²) in [6.07, 6.45) is 3.39. The highest BCUT2D eigenvalue weighted by molar-refractivity contribution is 7.90. The van der Waals surface area contributed by atoms with Gasteiger partial charge in [-0.05, 0) is 12.1 Å². The normalized spacial score (nSPS) is 11.5. The molecule has 0 atom stereocenters. The Balaban J connectivity index is 2.63. The van der Waals surface area contributed by atoms with Crippen molar-refractivity contribution >= 4 is 21.6 Å². The van der Waals surface area contributed by atoms with Gasteiger partial charge in [0.15, 0.2) is 0 Å². The van der Waals surface area contributed by atoms with Crippen LogP contribution in [-0.2, 0) is 16.4 Å². The van der Waals surface area contributed by atoms with E-state index in [1.807, 2.05) is 6.92 Å². The molecule has 0 aliphatic heterocycles. The summed E-state index contributed by atoms with van der Waals surface area (Å²) < 4.78 is 31.4. The molecular formula is C12H13ClN2O3S. The fourth-order valence-corrected chi connectivity index (χ4v) is 3.43. The number of imidazole rings is 1. The van der Waals surface area contributed by atoms with Crippen molar-refractivity contribution in [3.05, 3.63) is 41.4 Å². The number of methoxy groups -OCH3 is 1. The van der Waals surface area contributed by atoms with Gasteiger partial charge in [-0.15, -0.1) is 0 Å². The third-order valence-corrected chi connectivity index (χ3v) is 4.64. The van der Waals surface area contributed by atoms with Gasteiger partial charge in [0.1, 0.15) is 16.5 Å². The Morgan fingerprint density at radius 1 is 1.42 bits per heavy atom. The van der Waals surface area contributed by atoms with E-state index in [4.69, 9.17) is 16.3 Å². The number of hydrogen-bond donors (Lipinski definition) is 0. The zero-order valence-electron chi connectivity index (χ0n) is 10.5.